The van der Waals surface area contributed by atoms with Crippen LogP contribution in [0.5, 0.6) is 0 Å². The van der Waals surface area contributed by atoms with E-state index >= 15 is 0 Å². The van der Waals surface area contributed by atoms with Gasteiger partial charge in [0.15, 0.2) is 0 Å². The van der Waals surface area contributed by atoms with Crippen LogP contribution in [0.15, 0.2) is 54.6 Å². The van der Waals surface area contributed by atoms with Gasteiger partial charge in [0.25, 0.3) is 5.91 Å². The number of carboxylic acid groups (broad SMARTS) is 1. The van der Waals surface area contributed by atoms with Crippen LogP contribution in [-0.2, 0) is 4.79 Å². The van der Waals surface area contributed by atoms with Crippen LogP contribution < -0.4 is 16.0 Å². The van der Waals surface area contributed by atoms with Gasteiger partial charge in [-0.05, 0) is 30.7 Å². The topological polar surface area (TPSA) is 108 Å². The Morgan fingerprint density at radius 2 is 1.80 bits per heavy atom. The summed E-state index contributed by atoms with van der Waals surface area (Å²) in [5.74, 6) is -1.65. The summed E-state index contributed by atoms with van der Waals surface area (Å²) in [6, 6.07) is 15.2. The minimum Gasteiger partial charge on any atom is -0.480 e. The molecular formula is C18H21N3O4. The second-order valence-electron chi connectivity index (χ2n) is 5.39. The molecule has 4 N–H and O–H groups in total. The van der Waals surface area contributed by atoms with Gasteiger partial charge in [0.1, 0.15) is 6.54 Å². The Bertz CT molecular complexity index is 768. The first-order valence-electron chi connectivity index (χ1n) is 7.68. The van der Waals surface area contributed by atoms with Gasteiger partial charge in [0.2, 0.25) is 0 Å². The molecule has 0 bridgehead atoms. The van der Waals surface area contributed by atoms with E-state index in [0.29, 0.717) is 5.69 Å². The molecule has 0 aliphatic heterocycles. The highest BCUT2D eigenvalue weighted by molar-refractivity contribution is 5.98. The number of amides is 3. The van der Waals surface area contributed by atoms with Gasteiger partial charge >= 0.3 is 12.0 Å². The zero-order valence-corrected chi connectivity index (χ0v) is 13.7. The van der Waals surface area contributed by atoms with Crippen molar-refractivity contribution < 1.29 is 20.9 Å². The maximum atomic E-state index is 12.1. The zero-order valence-electron chi connectivity index (χ0n) is 13.7. The number of hydrogen-bond donors (Lipinski definition) is 4. The summed E-state index contributed by atoms with van der Waals surface area (Å²) in [4.78, 5) is 34.4. The molecule has 0 aromatic heterocycles. The lowest BCUT2D eigenvalue weighted by Crippen LogP contribution is -2.31. The van der Waals surface area contributed by atoms with E-state index in [0.717, 1.165) is 5.56 Å². The molecule has 0 radical (unpaired) electrons. The van der Waals surface area contributed by atoms with Crippen molar-refractivity contribution in [3.8, 4) is 0 Å². The summed E-state index contributed by atoms with van der Waals surface area (Å²) in [5.41, 5.74) is 1.66. The average molecular weight is 343 g/mol. The predicted octanol–water partition coefficient (Wildman–Crippen LogP) is 2.63. The summed E-state index contributed by atoms with van der Waals surface area (Å²) in [7, 11) is 0. The number of carbonyl (C=O) groups is 3. The van der Waals surface area contributed by atoms with Crippen LogP contribution >= 0.6 is 0 Å². The lowest BCUT2D eigenvalue weighted by atomic mass is 10.1. The minimum atomic E-state index is -1.13. The second-order valence-corrected chi connectivity index (χ2v) is 5.39. The average Bonchev–Trinajstić information content (AvgIpc) is 2.60. The molecule has 0 heterocycles. The molecule has 1 unspecified atom stereocenters. The maximum Gasteiger partial charge on any atom is 0.322 e. The number of rotatable bonds is 6. The Morgan fingerprint density at radius 1 is 1.08 bits per heavy atom. The van der Waals surface area contributed by atoms with Crippen LogP contribution in [0, 0.1) is 0 Å². The van der Waals surface area contributed by atoms with Crippen molar-refractivity contribution in [3.63, 3.8) is 0 Å². The number of hydrogen-bond acceptors (Lipinski definition) is 3. The third kappa shape index (κ3) is 5.65. The molecule has 0 saturated carbocycles. The van der Waals surface area contributed by atoms with Gasteiger partial charge in [-0.25, -0.2) is 4.79 Å². The SMILES string of the molecule is CC(NC(=O)Nc1cccc(C(=O)NCC(=O)O)c1)c1ccccc1.[HH]. The van der Waals surface area contributed by atoms with Crippen molar-refractivity contribution >= 4 is 23.6 Å². The summed E-state index contributed by atoms with van der Waals surface area (Å²) in [6.07, 6.45) is 0. The van der Waals surface area contributed by atoms with Crippen molar-refractivity contribution in [2.24, 2.45) is 0 Å². The molecule has 132 valence electrons. The van der Waals surface area contributed by atoms with Gasteiger partial charge in [-0.3, -0.25) is 9.59 Å². The van der Waals surface area contributed by atoms with Crippen LogP contribution in [0.3, 0.4) is 0 Å². The highest BCUT2D eigenvalue weighted by Crippen LogP contribution is 2.13. The van der Waals surface area contributed by atoms with E-state index in [-0.39, 0.29) is 13.0 Å². The largest absolute Gasteiger partial charge is 0.480 e. The smallest absolute Gasteiger partial charge is 0.322 e. The van der Waals surface area contributed by atoms with Crippen LogP contribution in [-0.4, -0.2) is 29.6 Å². The van der Waals surface area contributed by atoms with Crippen LogP contribution in [0.2, 0.25) is 0 Å². The fourth-order valence-electron chi connectivity index (χ4n) is 2.19. The van der Waals surface area contributed by atoms with Crippen LogP contribution in [0.1, 0.15) is 30.3 Å². The Morgan fingerprint density at radius 3 is 2.48 bits per heavy atom. The number of urea groups is 1. The van der Waals surface area contributed by atoms with Gasteiger partial charge in [-0.2, -0.15) is 0 Å². The van der Waals surface area contributed by atoms with E-state index in [1.807, 2.05) is 37.3 Å². The van der Waals surface area contributed by atoms with Gasteiger partial charge in [-0.1, -0.05) is 36.4 Å². The van der Waals surface area contributed by atoms with Crippen molar-refractivity contribution in [1.82, 2.24) is 10.6 Å². The summed E-state index contributed by atoms with van der Waals surface area (Å²) < 4.78 is 0. The van der Waals surface area contributed by atoms with Gasteiger partial charge in [-0.15, -0.1) is 0 Å². The number of aliphatic carboxylic acids is 1. The fraction of sp³-hybridized carbons (Fsp3) is 0.167. The van der Waals surface area contributed by atoms with E-state index in [2.05, 4.69) is 16.0 Å². The molecule has 0 fully saturated rings. The van der Waals surface area contributed by atoms with Gasteiger partial charge in [0.05, 0.1) is 6.04 Å². The molecule has 2 aromatic rings. The third-order valence-corrected chi connectivity index (χ3v) is 3.43. The first-order chi connectivity index (χ1) is 12.0. The van der Waals surface area contributed by atoms with Crippen molar-refractivity contribution in [2.75, 3.05) is 11.9 Å². The summed E-state index contributed by atoms with van der Waals surface area (Å²) in [6.45, 7) is 1.40. The molecule has 1 atom stereocenters. The number of carbonyl (C=O) groups excluding carboxylic acids is 2. The normalized spacial score (nSPS) is 11.2. The van der Waals surface area contributed by atoms with Crippen molar-refractivity contribution in [1.29, 1.82) is 0 Å². The molecule has 0 aliphatic rings. The molecular weight excluding hydrogens is 322 g/mol. The lowest BCUT2D eigenvalue weighted by Gasteiger charge is -2.15. The second kappa shape index (κ2) is 8.49. The quantitative estimate of drug-likeness (QED) is 0.646. The molecule has 25 heavy (non-hydrogen) atoms. The molecule has 7 heteroatoms. The monoisotopic (exact) mass is 343 g/mol. The first-order valence-corrected chi connectivity index (χ1v) is 7.68. The highest BCUT2D eigenvalue weighted by atomic mass is 16.4. The fourth-order valence-corrected chi connectivity index (χ4v) is 2.19. The van der Waals surface area contributed by atoms with Crippen molar-refractivity contribution in [2.45, 2.75) is 13.0 Å². The Kier molecular flexibility index (Phi) is 6.11. The predicted molar refractivity (Wildman–Crippen MR) is 95.5 cm³/mol. The number of carboxylic acids is 1. The van der Waals surface area contributed by atoms with Crippen molar-refractivity contribution in [3.05, 3.63) is 65.7 Å². The van der Waals surface area contributed by atoms with Gasteiger partial charge < -0.3 is 21.1 Å². The molecule has 0 spiro atoms. The molecule has 3 amide bonds. The van der Waals surface area contributed by atoms with E-state index in [9.17, 15) is 14.4 Å². The Balaban J connectivity index is 0.00000338. The Labute approximate surface area is 146 Å². The minimum absolute atomic E-state index is 0. The number of benzene rings is 2. The molecule has 0 saturated heterocycles. The van der Waals surface area contributed by atoms with Crippen LogP contribution in [0.4, 0.5) is 10.5 Å². The van der Waals surface area contributed by atoms with E-state index in [1.165, 1.54) is 12.1 Å². The summed E-state index contributed by atoms with van der Waals surface area (Å²) in [5, 5.41) is 16.3. The van der Waals surface area contributed by atoms with E-state index in [1.54, 1.807) is 12.1 Å². The maximum absolute atomic E-state index is 12.1. The third-order valence-electron chi connectivity index (χ3n) is 3.43. The number of nitrogens with one attached hydrogen (secondary N) is 3. The van der Waals surface area contributed by atoms with E-state index in [4.69, 9.17) is 5.11 Å². The first kappa shape index (κ1) is 18.0. The molecule has 0 aliphatic carbocycles. The molecule has 2 aromatic carbocycles. The molecule has 7 nitrogen and oxygen atoms in total. The number of anilines is 1. The standard InChI is InChI=1S/C18H19N3O4.H2/c1-12(13-6-3-2-4-7-13)20-18(25)21-15-9-5-8-14(10-15)17(24)19-11-16(22)23;/h2-10,12H,11H2,1H3,(H,19,24)(H,22,23)(H2,20,21,25);1H. The summed E-state index contributed by atoms with van der Waals surface area (Å²) >= 11 is 0. The van der Waals surface area contributed by atoms with Gasteiger partial charge in [0, 0.05) is 12.7 Å². The van der Waals surface area contributed by atoms with Crippen LogP contribution in [0.25, 0.3) is 0 Å². The highest BCUT2D eigenvalue weighted by Gasteiger charge is 2.11. The zero-order chi connectivity index (χ0) is 18.2. The molecule has 2 rings (SSSR count). The lowest BCUT2D eigenvalue weighted by molar-refractivity contribution is -0.135. The Hall–Kier alpha value is -3.35. The van der Waals surface area contributed by atoms with E-state index < -0.39 is 24.5 Å².